The van der Waals surface area contributed by atoms with Crippen LogP contribution in [-0.2, 0) is 15.8 Å². The summed E-state index contributed by atoms with van der Waals surface area (Å²) in [6.07, 6.45) is 4.68. The Morgan fingerprint density at radius 1 is 1.33 bits per heavy atom. The van der Waals surface area contributed by atoms with E-state index in [9.17, 15) is 8.42 Å². The van der Waals surface area contributed by atoms with Gasteiger partial charge in [-0.3, -0.25) is 0 Å². The van der Waals surface area contributed by atoms with Crippen molar-refractivity contribution in [2.45, 2.75) is 31.4 Å². The standard InChI is InChI=1S/C15H22N2O2S2/c1-17(10-12-6-2-3-7-12)21(18,19)11-13-8-4-5-9-14(13)15(16)20/h4-5,8-9,12H,2-3,6-7,10-11H2,1H3,(H2,16,20). The van der Waals surface area contributed by atoms with Gasteiger partial charge in [0.05, 0.1) is 5.75 Å². The minimum Gasteiger partial charge on any atom is -0.389 e. The Labute approximate surface area is 132 Å². The minimum absolute atomic E-state index is 0.0519. The smallest absolute Gasteiger partial charge is 0.218 e. The number of hydrogen-bond donors (Lipinski definition) is 1. The van der Waals surface area contributed by atoms with E-state index < -0.39 is 10.0 Å². The fourth-order valence-electron chi connectivity index (χ4n) is 2.86. The molecule has 4 nitrogen and oxygen atoms in total. The van der Waals surface area contributed by atoms with Gasteiger partial charge in [-0.1, -0.05) is 49.3 Å². The number of sulfonamides is 1. The van der Waals surface area contributed by atoms with Gasteiger partial charge >= 0.3 is 0 Å². The summed E-state index contributed by atoms with van der Waals surface area (Å²) in [4.78, 5) is 0.235. The van der Waals surface area contributed by atoms with E-state index in [0.29, 0.717) is 23.6 Å². The average Bonchev–Trinajstić information content (AvgIpc) is 2.91. The van der Waals surface area contributed by atoms with Crippen LogP contribution in [0.2, 0.25) is 0 Å². The van der Waals surface area contributed by atoms with E-state index in [1.165, 1.54) is 17.1 Å². The third-order valence-corrected chi connectivity index (χ3v) is 6.08. The monoisotopic (exact) mass is 326 g/mol. The molecule has 0 atom stereocenters. The third-order valence-electron chi connectivity index (χ3n) is 4.09. The lowest BCUT2D eigenvalue weighted by molar-refractivity contribution is 0.387. The topological polar surface area (TPSA) is 63.4 Å². The summed E-state index contributed by atoms with van der Waals surface area (Å²) in [5.74, 6) is 0.444. The van der Waals surface area contributed by atoms with Gasteiger partial charge in [0.2, 0.25) is 10.0 Å². The minimum atomic E-state index is -3.34. The van der Waals surface area contributed by atoms with Gasteiger partial charge in [0, 0.05) is 19.2 Å². The molecule has 21 heavy (non-hydrogen) atoms. The van der Waals surface area contributed by atoms with E-state index in [4.69, 9.17) is 18.0 Å². The van der Waals surface area contributed by atoms with E-state index in [-0.39, 0.29) is 10.7 Å². The molecule has 0 aliphatic heterocycles. The molecule has 0 bridgehead atoms. The summed E-state index contributed by atoms with van der Waals surface area (Å²) in [6, 6.07) is 7.16. The van der Waals surface area contributed by atoms with Gasteiger partial charge in [-0.25, -0.2) is 12.7 Å². The number of rotatable bonds is 6. The molecule has 1 saturated carbocycles. The number of hydrogen-bond acceptors (Lipinski definition) is 3. The molecule has 1 fully saturated rings. The summed E-state index contributed by atoms with van der Waals surface area (Å²) in [6.45, 7) is 0.609. The molecule has 0 radical (unpaired) electrons. The molecule has 0 unspecified atom stereocenters. The maximum Gasteiger partial charge on any atom is 0.218 e. The Morgan fingerprint density at radius 2 is 1.95 bits per heavy atom. The van der Waals surface area contributed by atoms with Crippen LogP contribution in [0, 0.1) is 5.92 Å². The average molecular weight is 326 g/mol. The second kappa shape index (κ2) is 6.85. The van der Waals surface area contributed by atoms with Crippen LogP contribution in [0.3, 0.4) is 0 Å². The predicted molar refractivity (Wildman–Crippen MR) is 89.5 cm³/mol. The molecule has 1 aliphatic carbocycles. The van der Waals surface area contributed by atoms with Crippen LogP contribution in [0.5, 0.6) is 0 Å². The van der Waals surface area contributed by atoms with Gasteiger partial charge in [-0.15, -0.1) is 0 Å². The van der Waals surface area contributed by atoms with Crippen molar-refractivity contribution in [3.63, 3.8) is 0 Å². The van der Waals surface area contributed by atoms with Crippen molar-refractivity contribution >= 4 is 27.2 Å². The van der Waals surface area contributed by atoms with Crippen LogP contribution >= 0.6 is 12.2 Å². The Bertz CT molecular complexity index is 608. The van der Waals surface area contributed by atoms with Crippen LogP contribution in [0.4, 0.5) is 0 Å². The quantitative estimate of drug-likeness (QED) is 0.815. The van der Waals surface area contributed by atoms with Gasteiger partial charge in [-0.05, 0) is 24.3 Å². The van der Waals surface area contributed by atoms with Gasteiger partial charge in [0.1, 0.15) is 4.99 Å². The van der Waals surface area contributed by atoms with Crippen LogP contribution in [0.25, 0.3) is 0 Å². The highest BCUT2D eigenvalue weighted by Gasteiger charge is 2.25. The maximum absolute atomic E-state index is 12.5. The highest BCUT2D eigenvalue weighted by atomic mass is 32.2. The Balaban J connectivity index is 2.11. The van der Waals surface area contributed by atoms with Gasteiger partial charge in [0.15, 0.2) is 0 Å². The number of nitrogens with two attached hydrogens (primary N) is 1. The lowest BCUT2D eigenvalue weighted by Crippen LogP contribution is -2.32. The van der Waals surface area contributed by atoms with E-state index in [2.05, 4.69) is 0 Å². The second-order valence-corrected chi connectivity index (χ2v) is 8.22. The molecule has 2 N–H and O–H groups in total. The highest BCUT2D eigenvalue weighted by Crippen LogP contribution is 2.26. The largest absolute Gasteiger partial charge is 0.389 e. The van der Waals surface area contributed by atoms with Crippen molar-refractivity contribution in [3.05, 3.63) is 35.4 Å². The van der Waals surface area contributed by atoms with E-state index in [1.54, 1.807) is 19.2 Å². The molecule has 0 amide bonds. The van der Waals surface area contributed by atoms with Crippen LogP contribution in [0.15, 0.2) is 24.3 Å². The predicted octanol–water partition coefficient (Wildman–Crippen LogP) is 2.27. The van der Waals surface area contributed by atoms with Crippen molar-refractivity contribution in [1.29, 1.82) is 0 Å². The molecule has 2 rings (SSSR count). The molecular formula is C15H22N2O2S2. The molecule has 0 aromatic heterocycles. The number of thiocarbonyl (C=S) groups is 1. The van der Waals surface area contributed by atoms with Crippen molar-refractivity contribution in [2.75, 3.05) is 13.6 Å². The van der Waals surface area contributed by atoms with Gasteiger partial charge in [0.25, 0.3) is 0 Å². The summed E-state index contributed by atoms with van der Waals surface area (Å²) in [7, 11) is -1.67. The lowest BCUT2D eigenvalue weighted by Gasteiger charge is -2.21. The SMILES string of the molecule is CN(CC1CCCC1)S(=O)(=O)Cc1ccccc1C(N)=S. The molecule has 116 valence electrons. The maximum atomic E-state index is 12.5. The lowest BCUT2D eigenvalue weighted by atomic mass is 10.1. The highest BCUT2D eigenvalue weighted by molar-refractivity contribution is 7.88. The van der Waals surface area contributed by atoms with E-state index >= 15 is 0 Å². The van der Waals surface area contributed by atoms with Crippen molar-refractivity contribution in [1.82, 2.24) is 4.31 Å². The first kappa shape index (κ1) is 16.4. The van der Waals surface area contributed by atoms with Gasteiger partial charge < -0.3 is 5.73 Å². The molecule has 6 heteroatoms. The van der Waals surface area contributed by atoms with Crippen LogP contribution in [-0.4, -0.2) is 31.3 Å². The zero-order valence-corrected chi connectivity index (χ0v) is 13.9. The Kier molecular flexibility index (Phi) is 5.35. The molecule has 1 aromatic carbocycles. The van der Waals surface area contributed by atoms with E-state index in [1.807, 2.05) is 12.1 Å². The van der Waals surface area contributed by atoms with Gasteiger partial charge in [-0.2, -0.15) is 0 Å². The molecule has 0 saturated heterocycles. The van der Waals surface area contributed by atoms with Crippen molar-refractivity contribution < 1.29 is 8.42 Å². The molecular weight excluding hydrogens is 304 g/mol. The van der Waals surface area contributed by atoms with Crippen LogP contribution < -0.4 is 5.73 Å². The van der Waals surface area contributed by atoms with Crippen molar-refractivity contribution in [2.24, 2.45) is 11.7 Å². The normalized spacial score (nSPS) is 16.5. The summed E-state index contributed by atoms with van der Waals surface area (Å²) >= 11 is 4.99. The summed E-state index contributed by atoms with van der Waals surface area (Å²) < 4.78 is 26.5. The Morgan fingerprint density at radius 3 is 2.57 bits per heavy atom. The first-order valence-corrected chi connectivity index (χ1v) is 9.23. The number of nitrogens with zero attached hydrogens (tertiary/aromatic N) is 1. The molecule has 1 aliphatic rings. The van der Waals surface area contributed by atoms with E-state index in [0.717, 1.165) is 12.8 Å². The fraction of sp³-hybridized carbons (Fsp3) is 0.533. The molecule has 1 aromatic rings. The first-order chi connectivity index (χ1) is 9.90. The number of benzene rings is 1. The zero-order valence-electron chi connectivity index (χ0n) is 12.3. The zero-order chi connectivity index (χ0) is 15.5. The molecule has 0 spiro atoms. The third kappa shape index (κ3) is 4.25. The first-order valence-electron chi connectivity index (χ1n) is 7.22. The second-order valence-electron chi connectivity index (χ2n) is 5.71. The molecule has 0 heterocycles. The summed E-state index contributed by atoms with van der Waals surface area (Å²) in [5.41, 5.74) is 6.98. The summed E-state index contributed by atoms with van der Waals surface area (Å²) in [5, 5.41) is 0. The Hall–Kier alpha value is -0.980. The van der Waals surface area contributed by atoms with Crippen LogP contribution in [0.1, 0.15) is 36.8 Å². The fourth-order valence-corrected chi connectivity index (χ4v) is 4.37. The van der Waals surface area contributed by atoms with Crippen molar-refractivity contribution in [3.8, 4) is 0 Å².